The lowest BCUT2D eigenvalue weighted by molar-refractivity contribution is 0.0393. The highest BCUT2D eigenvalue weighted by atomic mass is 79.9. The van der Waals surface area contributed by atoms with Crippen LogP contribution in [0.1, 0.15) is 25.3 Å². The molecular weight excluding hydrogens is 588 g/mol. The van der Waals surface area contributed by atoms with Crippen molar-refractivity contribution in [1.82, 2.24) is 0 Å². The van der Waals surface area contributed by atoms with Gasteiger partial charge in [-0.3, -0.25) is 0 Å². The lowest BCUT2D eigenvalue weighted by Gasteiger charge is -2.14. The van der Waals surface area contributed by atoms with Crippen molar-refractivity contribution >= 4 is 79.6 Å². The molecule has 0 spiro atoms. The number of unbranched alkanes of at least 4 members (excludes halogenated alkanes) is 1. The Morgan fingerprint density at radius 3 is 1.75 bits per heavy atom. The first-order valence-corrected chi connectivity index (χ1v) is 10.1. The van der Waals surface area contributed by atoms with Gasteiger partial charge in [-0.2, -0.15) is 0 Å². The van der Waals surface area contributed by atoms with E-state index in [0.29, 0.717) is 19.8 Å². The molecule has 0 fully saturated rings. The van der Waals surface area contributed by atoms with Gasteiger partial charge in [0.05, 0.1) is 19.8 Å². The lowest BCUT2D eigenvalue weighted by atomic mass is 10.2. The second-order valence-electron chi connectivity index (χ2n) is 4.07. The number of hydrogen-bond acceptors (Lipinski definition) is 2. The molecule has 0 aromatic heterocycles. The molecule has 0 saturated carbocycles. The van der Waals surface area contributed by atoms with Crippen LogP contribution in [0.5, 0.6) is 0 Å². The minimum absolute atomic E-state index is 0.517. The molecular formula is C13H15Br5O2. The highest BCUT2D eigenvalue weighted by molar-refractivity contribution is 9.15. The van der Waals surface area contributed by atoms with Gasteiger partial charge in [0.25, 0.3) is 0 Å². The fraction of sp³-hybridized carbons (Fsp3) is 0.538. The average Bonchev–Trinajstić information content (AvgIpc) is 2.45. The molecule has 20 heavy (non-hydrogen) atoms. The van der Waals surface area contributed by atoms with E-state index in [9.17, 15) is 0 Å². The molecule has 0 bridgehead atoms. The molecule has 1 aromatic carbocycles. The van der Waals surface area contributed by atoms with Gasteiger partial charge in [-0.1, -0.05) is 13.3 Å². The van der Waals surface area contributed by atoms with E-state index >= 15 is 0 Å². The second kappa shape index (κ2) is 10.3. The smallest absolute Gasteiger partial charge is 0.0740 e. The van der Waals surface area contributed by atoms with Crippen molar-refractivity contribution in [2.45, 2.75) is 26.4 Å². The molecule has 0 saturated heterocycles. The maximum atomic E-state index is 5.67. The SMILES string of the molecule is CCCCOCCOCc1c(Br)c(Br)c(Br)c(Br)c1Br. The Morgan fingerprint density at radius 1 is 0.700 bits per heavy atom. The van der Waals surface area contributed by atoms with E-state index in [1.807, 2.05) is 0 Å². The van der Waals surface area contributed by atoms with Crippen molar-refractivity contribution in [3.63, 3.8) is 0 Å². The van der Waals surface area contributed by atoms with Gasteiger partial charge in [0.1, 0.15) is 0 Å². The molecule has 0 aliphatic heterocycles. The van der Waals surface area contributed by atoms with Crippen LogP contribution in [-0.2, 0) is 16.1 Å². The monoisotopic (exact) mass is 598 g/mol. The number of hydrogen-bond donors (Lipinski definition) is 0. The fourth-order valence-electron chi connectivity index (χ4n) is 1.42. The summed E-state index contributed by atoms with van der Waals surface area (Å²) in [5.74, 6) is 0. The quantitative estimate of drug-likeness (QED) is 0.185. The molecule has 0 heterocycles. The van der Waals surface area contributed by atoms with Crippen LogP contribution >= 0.6 is 79.6 Å². The van der Waals surface area contributed by atoms with Gasteiger partial charge in [-0.05, 0) is 86.1 Å². The van der Waals surface area contributed by atoms with Crippen LogP contribution in [0, 0.1) is 0 Å². The summed E-state index contributed by atoms with van der Waals surface area (Å²) in [7, 11) is 0. The molecule has 7 heteroatoms. The van der Waals surface area contributed by atoms with Crippen LogP contribution in [0.4, 0.5) is 0 Å². The number of benzene rings is 1. The molecule has 0 N–H and O–H groups in total. The Kier molecular flexibility index (Phi) is 10.1. The Bertz CT molecular complexity index is 422. The summed E-state index contributed by atoms with van der Waals surface area (Å²) in [6.45, 7) is 4.70. The molecule has 0 atom stereocenters. The number of rotatable bonds is 8. The van der Waals surface area contributed by atoms with E-state index in [0.717, 1.165) is 47.4 Å². The normalized spacial score (nSPS) is 11.1. The van der Waals surface area contributed by atoms with Crippen molar-refractivity contribution in [3.05, 3.63) is 27.9 Å². The topological polar surface area (TPSA) is 18.5 Å². The van der Waals surface area contributed by atoms with Gasteiger partial charge in [0, 0.05) is 34.5 Å². The first kappa shape index (κ1) is 19.6. The molecule has 0 radical (unpaired) electrons. The summed E-state index contributed by atoms with van der Waals surface area (Å²) in [4.78, 5) is 0. The van der Waals surface area contributed by atoms with Gasteiger partial charge in [-0.25, -0.2) is 0 Å². The Hall–Kier alpha value is 1.54. The zero-order chi connectivity index (χ0) is 15.1. The minimum Gasteiger partial charge on any atom is -0.379 e. The Balaban J connectivity index is 2.52. The predicted molar refractivity (Wildman–Crippen MR) is 100 cm³/mol. The largest absolute Gasteiger partial charge is 0.379 e. The summed E-state index contributed by atoms with van der Waals surface area (Å²) < 4.78 is 16.0. The Labute approximate surface area is 162 Å². The van der Waals surface area contributed by atoms with Crippen LogP contribution < -0.4 is 0 Å². The minimum atomic E-state index is 0.517. The molecule has 0 amide bonds. The summed E-state index contributed by atoms with van der Waals surface area (Å²) >= 11 is 17.8. The van der Waals surface area contributed by atoms with Crippen molar-refractivity contribution in [1.29, 1.82) is 0 Å². The van der Waals surface area contributed by atoms with Crippen LogP contribution in [0.15, 0.2) is 22.4 Å². The molecule has 114 valence electrons. The van der Waals surface area contributed by atoms with Crippen LogP contribution in [0.2, 0.25) is 0 Å². The van der Waals surface area contributed by atoms with E-state index in [2.05, 4.69) is 86.6 Å². The molecule has 1 rings (SSSR count). The van der Waals surface area contributed by atoms with Crippen molar-refractivity contribution in [2.24, 2.45) is 0 Å². The molecule has 0 unspecified atom stereocenters. The average molecular weight is 603 g/mol. The maximum absolute atomic E-state index is 5.67. The van der Waals surface area contributed by atoms with Crippen LogP contribution in [0.25, 0.3) is 0 Å². The third-order valence-electron chi connectivity index (χ3n) is 2.56. The molecule has 2 nitrogen and oxygen atoms in total. The first-order valence-electron chi connectivity index (χ1n) is 6.16. The molecule has 0 aliphatic rings. The summed E-state index contributed by atoms with van der Waals surface area (Å²) in [6, 6.07) is 0. The maximum Gasteiger partial charge on any atom is 0.0740 e. The summed E-state index contributed by atoms with van der Waals surface area (Å²) in [5, 5.41) is 0. The Morgan fingerprint density at radius 2 is 1.20 bits per heavy atom. The summed E-state index contributed by atoms with van der Waals surface area (Å²) in [6.07, 6.45) is 2.26. The number of halogens is 5. The van der Waals surface area contributed by atoms with Gasteiger partial charge in [0.15, 0.2) is 0 Å². The standard InChI is InChI=1S/C13H15Br5O2/c1-2-3-4-19-5-6-20-7-8-9(14)11(16)13(18)12(17)10(8)15/h2-7H2,1H3. The summed E-state index contributed by atoms with van der Waals surface area (Å²) in [5.41, 5.74) is 1.06. The van der Waals surface area contributed by atoms with Gasteiger partial charge >= 0.3 is 0 Å². The molecule has 0 aliphatic carbocycles. The predicted octanol–water partition coefficient (Wildman–Crippen LogP) is 6.83. The van der Waals surface area contributed by atoms with Crippen molar-refractivity contribution in [2.75, 3.05) is 19.8 Å². The highest BCUT2D eigenvalue weighted by Crippen LogP contribution is 2.44. The second-order valence-corrected chi connectivity index (χ2v) is 8.03. The zero-order valence-corrected chi connectivity index (χ0v) is 18.9. The zero-order valence-electron chi connectivity index (χ0n) is 10.9. The van der Waals surface area contributed by atoms with E-state index in [1.165, 1.54) is 0 Å². The van der Waals surface area contributed by atoms with Crippen LogP contribution in [0.3, 0.4) is 0 Å². The highest BCUT2D eigenvalue weighted by Gasteiger charge is 2.17. The van der Waals surface area contributed by atoms with Crippen molar-refractivity contribution in [3.8, 4) is 0 Å². The number of ether oxygens (including phenoxy) is 2. The third kappa shape index (κ3) is 5.63. The van der Waals surface area contributed by atoms with Crippen molar-refractivity contribution < 1.29 is 9.47 Å². The van der Waals surface area contributed by atoms with E-state index in [-0.39, 0.29) is 0 Å². The fourth-order valence-corrected chi connectivity index (χ4v) is 4.78. The van der Waals surface area contributed by atoms with E-state index in [4.69, 9.17) is 9.47 Å². The van der Waals surface area contributed by atoms with Gasteiger partial charge in [0.2, 0.25) is 0 Å². The molecule has 1 aromatic rings. The third-order valence-corrected chi connectivity index (χ3v) is 8.82. The van der Waals surface area contributed by atoms with Gasteiger partial charge in [-0.15, -0.1) is 0 Å². The van der Waals surface area contributed by atoms with Gasteiger partial charge < -0.3 is 9.47 Å². The van der Waals surface area contributed by atoms with E-state index < -0.39 is 0 Å². The lowest BCUT2D eigenvalue weighted by Crippen LogP contribution is -2.06. The van der Waals surface area contributed by atoms with E-state index in [1.54, 1.807) is 0 Å². The van der Waals surface area contributed by atoms with Crippen LogP contribution in [-0.4, -0.2) is 19.8 Å². The first-order chi connectivity index (χ1) is 9.50.